The summed E-state index contributed by atoms with van der Waals surface area (Å²) in [6.45, 7) is 4.90. The van der Waals surface area contributed by atoms with E-state index in [0.29, 0.717) is 13.5 Å². The van der Waals surface area contributed by atoms with Gasteiger partial charge in [0.1, 0.15) is 11.6 Å². The van der Waals surface area contributed by atoms with Crippen LogP contribution in [0.25, 0.3) is 6.08 Å². The summed E-state index contributed by atoms with van der Waals surface area (Å²) in [5.41, 5.74) is 2.06. The lowest BCUT2D eigenvalue weighted by Gasteiger charge is -2.00. The van der Waals surface area contributed by atoms with E-state index in [1.807, 2.05) is 44.2 Å². The van der Waals surface area contributed by atoms with Crippen molar-refractivity contribution in [3.05, 3.63) is 90.2 Å². The van der Waals surface area contributed by atoms with Gasteiger partial charge in [-0.3, -0.25) is 4.39 Å². The Labute approximate surface area is 169 Å². The normalized spacial score (nSPS) is 9.93. The quantitative estimate of drug-likeness (QED) is 0.394. The average molecular weight is 414 g/mol. The summed E-state index contributed by atoms with van der Waals surface area (Å²) >= 11 is 0. The van der Waals surface area contributed by atoms with E-state index in [2.05, 4.69) is 10.3 Å². The zero-order chi connectivity index (χ0) is 22.3. The van der Waals surface area contributed by atoms with Crippen LogP contribution in [-0.2, 0) is 6.42 Å². The van der Waals surface area contributed by atoms with Crippen molar-refractivity contribution >= 4 is 11.9 Å². The first kappa shape index (κ1) is 28.3. The summed E-state index contributed by atoms with van der Waals surface area (Å²) in [6.07, 6.45) is 11.6. The molecule has 0 radical (unpaired) electrons. The van der Waals surface area contributed by atoms with Crippen LogP contribution in [0.2, 0.25) is 0 Å². The molecular weight excluding hydrogens is 387 g/mol. The molecule has 160 valence electrons. The fourth-order valence-corrected chi connectivity index (χ4v) is 1.88. The fourth-order valence-electron chi connectivity index (χ4n) is 1.88. The number of hydrogen-bond donors (Lipinski definition) is 1. The highest BCUT2D eigenvalue weighted by atomic mass is 20.0. The molecular formula is C22H27F5N2. The van der Waals surface area contributed by atoms with E-state index < -0.39 is 0 Å². The molecule has 0 aliphatic rings. The Balaban J connectivity index is 0. The van der Waals surface area contributed by atoms with Gasteiger partial charge >= 0.3 is 0 Å². The minimum atomic E-state index is -0.144. The number of nitrogens with one attached hydrogen (secondary N) is 1. The monoisotopic (exact) mass is 414 g/mol. The summed E-state index contributed by atoms with van der Waals surface area (Å²) in [4.78, 5) is 4.22. The van der Waals surface area contributed by atoms with E-state index in [4.69, 9.17) is 9.15 Å². The van der Waals surface area contributed by atoms with Crippen molar-refractivity contribution in [3.8, 4) is 0 Å². The topological polar surface area (TPSA) is 24.9 Å². The van der Waals surface area contributed by atoms with Gasteiger partial charge in [-0.05, 0) is 54.8 Å². The van der Waals surface area contributed by atoms with Crippen LogP contribution in [0, 0.1) is 5.82 Å². The number of aromatic nitrogens is 1. The molecule has 0 saturated carbocycles. The van der Waals surface area contributed by atoms with Gasteiger partial charge in [0.15, 0.2) is 0 Å². The van der Waals surface area contributed by atoms with E-state index in [0.717, 1.165) is 29.9 Å². The SMILES string of the molecule is CCNc1ccc(/C=C/C=C\C=C\F)cn1.CCc1cccc(F)c1.CF.FF. The highest BCUT2D eigenvalue weighted by Crippen LogP contribution is 2.06. The van der Waals surface area contributed by atoms with E-state index in [-0.39, 0.29) is 5.82 Å². The zero-order valence-electron chi connectivity index (χ0n) is 16.8. The molecule has 0 aliphatic heterocycles. The minimum absolute atomic E-state index is 0.144. The van der Waals surface area contributed by atoms with Crippen LogP contribution in [0.4, 0.5) is 28.1 Å². The minimum Gasteiger partial charge on any atom is -0.370 e. The molecule has 29 heavy (non-hydrogen) atoms. The number of halogens is 5. The third-order valence-corrected chi connectivity index (χ3v) is 3.14. The molecule has 0 spiro atoms. The van der Waals surface area contributed by atoms with Crippen molar-refractivity contribution in [1.82, 2.24) is 4.98 Å². The van der Waals surface area contributed by atoms with Crippen LogP contribution < -0.4 is 5.32 Å². The molecule has 0 saturated heterocycles. The molecule has 0 unspecified atom stereocenters. The molecule has 0 aliphatic carbocycles. The first-order valence-electron chi connectivity index (χ1n) is 8.76. The lowest BCUT2D eigenvalue weighted by molar-refractivity contribution is 0.108. The van der Waals surface area contributed by atoms with Crippen molar-refractivity contribution < 1.29 is 22.3 Å². The predicted molar refractivity (Wildman–Crippen MR) is 112 cm³/mol. The maximum Gasteiger partial charge on any atom is 0.125 e. The molecule has 1 N–H and O–H groups in total. The van der Waals surface area contributed by atoms with Crippen molar-refractivity contribution in [2.24, 2.45) is 0 Å². The molecule has 0 amide bonds. The van der Waals surface area contributed by atoms with Gasteiger partial charge in [0.05, 0.1) is 13.5 Å². The first-order valence-corrected chi connectivity index (χ1v) is 8.76. The standard InChI is InChI=1S/C13H15FN2.C8H9F.CH3F.F2/c1-2-15-13-9-8-12(11-16-13)7-5-3-4-6-10-14;1-2-7-4-3-5-8(9)6-7;2*1-2/h3-11H,2H2,1H3,(H,15,16);3-6H,2H2,1H3;1H3;/b4-3-,7-5+,10-6+;;;. The number of anilines is 1. The first-order chi connectivity index (χ1) is 14.2. The van der Waals surface area contributed by atoms with Gasteiger partial charge < -0.3 is 5.32 Å². The van der Waals surface area contributed by atoms with Crippen LogP contribution in [0.5, 0.6) is 0 Å². The molecule has 0 atom stereocenters. The fraction of sp³-hybridized carbons (Fsp3) is 0.227. The Kier molecular flexibility index (Phi) is 20.8. The molecule has 1 heterocycles. The van der Waals surface area contributed by atoms with Gasteiger partial charge in [0.2, 0.25) is 0 Å². The second-order valence-corrected chi connectivity index (χ2v) is 5.05. The number of aryl methyl sites for hydroxylation is 1. The third-order valence-electron chi connectivity index (χ3n) is 3.14. The zero-order valence-corrected chi connectivity index (χ0v) is 16.8. The number of pyridine rings is 1. The van der Waals surface area contributed by atoms with Crippen LogP contribution in [0.15, 0.2) is 73.2 Å². The Morgan fingerprint density at radius 1 is 0.966 bits per heavy atom. The average Bonchev–Trinajstić information content (AvgIpc) is 2.78. The molecule has 1 aromatic carbocycles. The third kappa shape index (κ3) is 15.8. The number of hydrogen-bond acceptors (Lipinski definition) is 2. The highest BCUT2D eigenvalue weighted by Gasteiger charge is 1.90. The summed E-state index contributed by atoms with van der Waals surface area (Å²) in [5.74, 6) is 0.727. The van der Waals surface area contributed by atoms with E-state index in [9.17, 15) is 13.2 Å². The Bertz CT molecular complexity index is 699. The van der Waals surface area contributed by atoms with Gasteiger partial charge in [-0.25, -0.2) is 13.8 Å². The number of rotatable bonds is 6. The second kappa shape index (κ2) is 21.3. The summed E-state index contributed by atoms with van der Waals surface area (Å²) in [7, 11) is 0.500. The smallest absolute Gasteiger partial charge is 0.125 e. The predicted octanol–water partition coefficient (Wildman–Crippen LogP) is 7.38. The van der Waals surface area contributed by atoms with E-state index in [1.54, 1.807) is 30.5 Å². The summed E-state index contributed by atoms with van der Waals surface area (Å²) < 4.78 is 49.4. The van der Waals surface area contributed by atoms with Crippen molar-refractivity contribution in [2.45, 2.75) is 20.3 Å². The summed E-state index contributed by atoms with van der Waals surface area (Å²) in [5, 5.41) is 3.12. The molecule has 0 fully saturated rings. The lowest BCUT2D eigenvalue weighted by atomic mass is 10.2. The molecule has 7 heteroatoms. The highest BCUT2D eigenvalue weighted by molar-refractivity contribution is 5.52. The van der Waals surface area contributed by atoms with Gasteiger partial charge in [-0.15, -0.1) is 0 Å². The van der Waals surface area contributed by atoms with Crippen LogP contribution in [0.1, 0.15) is 25.0 Å². The van der Waals surface area contributed by atoms with Gasteiger partial charge in [-0.2, -0.15) is 0 Å². The Morgan fingerprint density at radius 3 is 2.14 bits per heavy atom. The van der Waals surface area contributed by atoms with Crippen LogP contribution in [-0.4, -0.2) is 18.7 Å². The maximum atomic E-state index is 12.4. The number of benzene rings is 1. The van der Waals surface area contributed by atoms with Crippen molar-refractivity contribution in [2.75, 3.05) is 19.0 Å². The van der Waals surface area contributed by atoms with Crippen LogP contribution in [0.3, 0.4) is 0 Å². The number of alkyl halides is 1. The van der Waals surface area contributed by atoms with Gasteiger partial charge in [0, 0.05) is 21.9 Å². The molecule has 1 aromatic heterocycles. The lowest BCUT2D eigenvalue weighted by Crippen LogP contribution is -1.98. The molecule has 2 nitrogen and oxygen atoms in total. The number of allylic oxidation sites excluding steroid dienone is 4. The van der Waals surface area contributed by atoms with Gasteiger partial charge in [0.25, 0.3) is 0 Å². The van der Waals surface area contributed by atoms with E-state index >= 15 is 0 Å². The molecule has 0 bridgehead atoms. The van der Waals surface area contributed by atoms with E-state index in [1.165, 1.54) is 12.1 Å². The second-order valence-electron chi connectivity index (χ2n) is 5.05. The largest absolute Gasteiger partial charge is 0.370 e. The Morgan fingerprint density at radius 2 is 1.66 bits per heavy atom. The van der Waals surface area contributed by atoms with Crippen molar-refractivity contribution in [3.63, 3.8) is 0 Å². The summed E-state index contributed by atoms with van der Waals surface area (Å²) in [6, 6.07) is 10.6. The van der Waals surface area contributed by atoms with Gasteiger partial charge in [-0.1, -0.05) is 43.4 Å². The molecule has 2 rings (SSSR count). The maximum absolute atomic E-state index is 12.4. The van der Waals surface area contributed by atoms with Crippen molar-refractivity contribution in [1.29, 1.82) is 0 Å². The Hall–Kier alpha value is -2.96. The molecule has 2 aromatic rings. The number of nitrogens with zero attached hydrogens (tertiary/aromatic N) is 1. The van der Waals surface area contributed by atoms with Crippen LogP contribution >= 0.6 is 0 Å².